The second kappa shape index (κ2) is 14.1. The fourth-order valence-corrected chi connectivity index (χ4v) is 8.85. The maximum absolute atomic E-state index is 13.6. The molecule has 1 atom stereocenters. The van der Waals surface area contributed by atoms with E-state index in [0.29, 0.717) is 53.4 Å². The molecule has 6 heterocycles. The third kappa shape index (κ3) is 6.49. The SMILES string of the molecule is CC(=O)c1c(C)c2cnc(Nc3ccc(N4CCN(Cc5ccc6c(c5Br)CN(C5CCC(=O)NC5=O)C6=O)CC4)cn3)nc2n(C2CCCC2)c1=O. The summed E-state index contributed by atoms with van der Waals surface area (Å²) in [5, 5.41) is 6.26. The lowest BCUT2D eigenvalue weighted by Gasteiger charge is -2.36. The summed E-state index contributed by atoms with van der Waals surface area (Å²) in [4.78, 5) is 83.5. The van der Waals surface area contributed by atoms with Crippen LogP contribution in [-0.4, -0.2) is 85.0 Å². The van der Waals surface area contributed by atoms with Crippen molar-refractivity contribution in [1.29, 1.82) is 0 Å². The molecule has 4 aromatic rings. The quantitative estimate of drug-likeness (QED) is 0.193. The Morgan fingerprint density at radius 3 is 2.45 bits per heavy atom. The van der Waals surface area contributed by atoms with Gasteiger partial charge in [0.2, 0.25) is 17.8 Å². The molecule has 3 amide bonds. The van der Waals surface area contributed by atoms with Gasteiger partial charge in [-0.25, -0.2) is 9.97 Å². The molecule has 0 spiro atoms. The van der Waals surface area contributed by atoms with E-state index in [1.165, 1.54) is 6.92 Å². The summed E-state index contributed by atoms with van der Waals surface area (Å²) < 4.78 is 2.59. The van der Waals surface area contributed by atoms with Gasteiger partial charge in [0.05, 0.1) is 17.4 Å². The number of pyridine rings is 2. The molecule has 4 aliphatic rings. The highest BCUT2D eigenvalue weighted by atomic mass is 79.9. The first-order valence-electron chi connectivity index (χ1n) is 18.2. The van der Waals surface area contributed by atoms with Crippen molar-refractivity contribution in [2.45, 2.75) is 77.5 Å². The Morgan fingerprint density at radius 1 is 0.981 bits per heavy atom. The molecule has 2 saturated heterocycles. The van der Waals surface area contributed by atoms with Crippen LogP contribution < -0.4 is 21.1 Å². The number of nitrogens with one attached hydrogen (secondary N) is 2. The van der Waals surface area contributed by atoms with Gasteiger partial charge in [0.25, 0.3) is 11.5 Å². The molecule has 3 aromatic heterocycles. The number of aryl methyl sites for hydroxylation is 1. The van der Waals surface area contributed by atoms with E-state index in [0.717, 1.165) is 73.1 Å². The van der Waals surface area contributed by atoms with E-state index >= 15 is 0 Å². The summed E-state index contributed by atoms with van der Waals surface area (Å²) in [7, 11) is 0. The topological polar surface area (TPSA) is 163 Å². The minimum Gasteiger partial charge on any atom is -0.368 e. The molecule has 0 radical (unpaired) electrons. The number of anilines is 3. The first kappa shape index (κ1) is 35.0. The van der Waals surface area contributed by atoms with Gasteiger partial charge < -0.3 is 15.1 Å². The molecular weight excluding hydrogens is 742 g/mol. The Bertz CT molecular complexity index is 2230. The number of halogens is 1. The van der Waals surface area contributed by atoms with E-state index in [1.807, 2.05) is 30.5 Å². The largest absolute Gasteiger partial charge is 0.368 e. The maximum atomic E-state index is 13.6. The number of piperidine rings is 1. The van der Waals surface area contributed by atoms with Crippen molar-refractivity contribution < 1.29 is 19.2 Å². The van der Waals surface area contributed by atoms with Crippen molar-refractivity contribution in [3.8, 4) is 0 Å². The first-order valence-corrected chi connectivity index (χ1v) is 18.9. The number of imide groups is 1. The summed E-state index contributed by atoms with van der Waals surface area (Å²) in [5.41, 5.74) is 4.62. The van der Waals surface area contributed by atoms with E-state index in [1.54, 1.807) is 22.6 Å². The van der Waals surface area contributed by atoms with E-state index < -0.39 is 11.9 Å². The van der Waals surface area contributed by atoms with Gasteiger partial charge in [-0.05, 0) is 68.0 Å². The number of rotatable bonds is 8. The Kier molecular flexibility index (Phi) is 9.31. The van der Waals surface area contributed by atoms with Gasteiger partial charge in [0, 0.05) is 73.4 Å². The Morgan fingerprint density at radius 2 is 1.75 bits per heavy atom. The Balaban J connectivity index is 0.911. The molecule has 3 fully saturated rings. The number of hydrogen-bond acceptors (Lipinski definition) is 11. The van der Waals surface area contributed by atoms with Gasteiger partial charge in [-0.1, -0.05) is 34.8 Å². The first-order chi connectivity index (χ1) is 25.6. The average molecular weight is 783 g/mol. The standard InChI is InChI=1S/C38H40BrN9O5/c1-21-27-18-41-38(44-34(27)48(24-5-3-4-6-24)37(53)32(21)22(2)49)42-30-11-8-25(17-40-30)46-15-13-45(14-16-46)19-23-7-9-26-28(33(23)39)20-47(36(26)52)29-10-12-31(50)43-35(29)51/h7-9,11,17-18,24,29H,3-6,10,12-16,19-20H2,1-2H3,(H,43,50,51)(H,40,41,42,44). The lowest BCUT2D eigenvalue weighted by Crippen LogP contribution is -2.52. The third-order valence-electron chi connectivity index (χ3n) is 11.1. The minimum atomic E-state index is -0.642. The van der Waals surface area contributed by atoms with Gasteiger partial charge in [0.15, 0.2) is 5.78 Å². The van der Waals surface area contributed by atoms with Gasteiger partial charge in [-0.15, -0.1) is 0 Å². The number of piperazine rings is 1. The number of benzene rings is 1. The molecule has 2 N–H and O–H groups in total. The van der Waals surface area contributed by atoms with E-state index in [2.05, 4.69) is 46.3 Å². The van der Waals surface area contributed by atoms with Gasteiger partial charge in [-0.3, -0.25) is 38.8 Å². The van der Waals surface area contributed by atoms with Crippen molar-refractivity contribution >= 4 is 67.9 Å². The van der Waals surface area contributed by atoms with Crippen molar-refractivity contribution in [1.82, 2.24) is 34.6 Å². The number of ketones is 1. The highest BCUT2D eigenvalue weighted by Gasteiger charge is 2.40. The number of amides is 3. The summed E-state index contributed by atoms with van der Waals surface area (Å²) >= 11 is 3.77. The molecule has 1 saturated carbocycles. The maximum Gasteiger partial charge on any atom is 0.263 e. The zero-order valence-electron chi connectivity index (χ0n) is 29.7. The van der Waals surface area contributed by atoms with Crippen molar-refractivity contribution in [2.24, 2.45) is 0 Å². The number of fused-ring (bicyclic) bond motifs is 2. The van der Waals surface area contributed by atoms with Crippen LogP contribution in [-0.2, 0) is 22.7 Å². The van der Waals surface area contributed by atoms with E-state index in [-0.39, 0.29) is 41.2 Å². The molecule has 0 bridgehead atoms. The zero-order valence-corrected chi connectivity index (χ0v) is 31.2. The second-order valence-electron chi connectivity index (χ2n) is 14.4. The van der Waals surface area contributed by atoms with Crippen molar-refractivity contribution in [2.75, 3.05) is 36.4 Å². The molecule has 53 heavy (non-hydrogen) atoms. The lowest BCUT2D eigenvalue weighted by atomic mass is 10.0. The third-order valence-corrected chi connectivity index (χ3v) is 12.1. The molecule has 3 aliphatic heterocycles. The van der Waals surface area contributed by atoms with Gasteiger partial charge >= 0.3 is 0 Å². The van der Waals surface area contributed by atoms with Gasteiger partial charge in [-0.2, -0.15) is 4.98 Å². The smallest absolute Gasteiger partial charge is 0.263 e. The summed E-state index contributed by atoms with van der Waals surface area (Å²) in [6.07, 6.45) is 7.90. The van der Waals surface area contributed by atoms with Crippen LogP contribution in [0.2, 0.25) is 0 Å². The number of nitrogens with zero attached hydrogens (tertiary/aromatic N) is 7. The van der Waals surface area contributed by atoms with Crippen LogP contribution in [0.15, 0.2) is 45.9 Å². The van der Waals surface area contributed by atoms with Crippen LogP contribution >= 0.6 is 15.9 Å². The normalized spacial score (nSPS) is 19.6. The minimum absolute atomic E-state index is 0.00255. The summed E-state index contributed by atoms with van der Waals surface area (Å²) in [5.74, 6) is -0.231. The monoisotopic (exact) mass is 781 g/mol. The summed E-state index contributed by atoms with van der Waals surface area (Å²) in [6.45, 7) is 7.56. The summed E-state index contributed by atoms with van der Waals surface area (Å²) in [6, 6.07) is 7.11. The Labute approximate surface area is 314 Å². The highest BCUT2D eigenvalue weighted by molar-refractivity contribution is 9.10. The van der Waals surface area contributed by atoms with Crippen LogP contribution in [0, 0.1) is 6.92 Å². The fourth-order valence-electron chi connectivity index (χ4n) is 8.25. The van der Waals surface area contributed by atoms with E-state index in [9.17, 15) is 24.0 Å². The molecule has 1 unspecified atom stereocenters. The van der Waals surface area contributed by atoms with E-state index in [4.69, 9.17) is 4.98 Å². The predicted octanol–water partition coefficient (Wildman–Crippen LogP) is 4.40. The molecule has 15 heteroatoms. The molecular formula is C38H40BrN9O5. The van der Waals surface area contributed by atoms with Crippen molar-refractivity contribution in [3.05, 3.63) is 79.3 Å². The number of hydrogen-bond donors (Lipinski definition) is 2. The number of carbonyl (C=O) groups is 4. The number of Topliss-reactive ketones (excluding diaryl/α,β-unsaturated/α-hetero) is 1. The van der Waals surface area contributed by atoms with Crippen LogP contribution in [0.5, 0.6) is 0 Å². The molecule has 1 aromatic carbocycles. The van der Waals surface area contributed by atoms with Crippen LogP contribution in [0.25, 0.3) is 11.0 Å². The zero-order chi connectivity index (χ0) is 37.0. The highest BCUT2D eigenvalue weighted by Crippen LogP contribution is 2.36. The molecule has 1 aliphatic carbocycles. The molecule has 8 rings (SSSR count). The fraction of sp³-hybridized carbons (Fsp3) is 0.421. The molecule has 274 valence electrons. The van der Waals surface area contributed by atoms with Crippen LogP contribution in [0.1, 0.15) is 88.9 Å². The predicted molar refractivity (Wildman–Crippen MR) is 201 cm³/mol. The second-order valence-corrected chi connectivity index (χ2v) is 15.1. The number of carbonyl (C=O) groups excluding carboxylic acids is 4. The molecule has 14 nitrogen and oxygen atoms in total. The van der Waals surface area contributed by atoms with Crippen LogP contribution in [0.3, 0.4) is 0 Å². The Hall–Kier alpha value is -5.02. The van der Waals surface area contributed by atoms with Crippen molar-refractivity contribution in [3.63, 3.8) is 0 Å². The van der Waals surface area contributed by atoms with Crippen LogP contribution in [0.4, 0.5) is 17.5 Å². The number of aromatic nitrogens is 4. The average Bonchev–Trinajstić information content (AvgIpc) is 3.79. The lowest BCUT2D eigenvalue weighted by molar-refractivity contribution is -0.136. The van der Waals surface area contributed by atoms with Gasteiger partial charge in [0.1, 0.15) is 17.5 Å².